The molecule has 0 saturated carbocycles. The summed E-state index contributed by atoms with van der Waals surface area (Å²) >= 11 is 0. The Morgan fingerprint density at radius 1 is 0.974 bits per heavy atom. The zero-order valence-electron chi connectivity index (χ0n) is 20.7. The molecule has 4 rings (SSSR count). The van der Waals surface area contributed by atoms with Crippen LogP contribution in [0.25, 0.3) is 0 Å². The monoisotopic (exact) mass is 571 g/mol. The fourth-order valence-corrected chi connectivity index (χ4v) is 3.71. The molecule has 2 aliphatic rings. The van der Waals surface area contributed by atoms with E-state index in [1.165, 1.54) is 25.9 Å². The molecule has 2 saturated heterocycles. The Labute approximate surface area is 218 Å². The fourth-order valence-electron chi connectivity index (χ4n) is 3.71. The van der Waals surface area contributed by atoms with Gasteiger partial charge in [-0.15, -0.1) is 5.10 Å². The smallest absolute Gasteiger partial charge is 0.481 e. The number of anilines is 1. The maximum atomic E-state index is 10.6. The number of aliphatic carboxylic acids is 2. The van der Waals surface area contributed by atoms with Gasteiger partial charge in [-0.2, -0.15) is 26.3 Å². The maximum absolute atomic E-state index is 10.6. The molecule has 2 N–H and O–H groups in total. The van der Waals surface area contributed by atoms with Gasteiger partial charge in [0.15, 0.2) is 0 Å². The lowest BCUT2D eigenvalue weighted by atomic mass is 10.1. The Bertz CT molecular complexity index is 1040. The molecule has 0 spiro atoms. The van der Waals surface area contributed by atoms with Gasteiger partial charge in [0.05, 0.1) is 25.0 Å². The van der Waals surface area contributed by atoms with Gasteiger partial charge in [-0.1, -0.05) is 5.21 Å². The highest BCUT2D eigenvalue weighted by Crippen LogP contribution is 2.26. The molecule has 4 heterocycles. The molecule has 12 nitrogen and oxygen atoms in total. The van der Waals surface area contributed by atoms with Crippen molar-refractivity contribution in [3.63, 3.8) is 0 Å². The Balaban J connectivity index is 0.000000317. The molecule has 39 heavy (non-hydrogen) atoms. The van der Waals surface area contributed by atoms with Crippen LogP contribution in [0.15, 0.2) is 18.6 Å². The molecule has 0 atom stereocenters. The number of rotatable bonds is 5. The summed E-state index contributed by atoms with van der Waals surface area (Å²) in [7, 11) is 1.63. The lowest BCUT2D eigenvalue weighted by Crippen LogP contribution is -2.35. The Hall–Kier alpha value is -3.70. The van der Waals surface area contributed by atoms with E-state index in [2.05, 4.69) is 41.0 Å². The molecule has 2 aliphatic heterocycles. The molecule has 2 aromatic rings. The quantitative estimate of drug-likeness (QED) is 0.511. The first kappa shape index (κ1) is 31.5. The number of methoxy groups -OCH3 is 1. The van der Waals surface area contributed by atoms with Crippen molar-refractivity contribution in [1.29, 1.82) is 0 Å². The number of hydrogen-bond acceptors (Lipinski definition) is 9. The van der Waals surface area contributed by atoms with Crippen LogP contribution in [0.4, 0.5) is 32.2 Å². The second-order valence-corrected chi connectivity index (χ2v) is 8.42. The van der Waals surface area contributed by atoms with E-state index in [-0.39, 0.29) is 0 Å². The fraction of sp³-hybridized carbons (Fsp3) is 0.619. The molecule has 0 unspecified atom stereocenters. The first-order chi connectivity index (χ1) is 18.2. The average molecular weight is 571 g/mol. The van der Waals surface area contributed by atoms with Crippen molar-refractivity contribution in [3.8, 4) is 5.88 Å². The van der Waals surface area contributed by atoms with Gasteiger partial charge in [0.2, 0.25) is 5.88 Å². The van der Waals surface area contributed by atoms with Crippen molar-refractivity contribution in [2.45, 2.75) is 50.6 Å². The van der Waals surface area contributed by atoms with Crippen LogP contribution in [0.2, 0.25) is 0 Å². The van der Waals surface area contributed by atoms with E-state index in [4.69, 9.17) is 24.5 Å². The van der Waals surface area contributed by atoms with Gasteiger partial charge in [-0.25, -0.2) is 24.2 Å². The minimum absolute atomic E-state index is 0.416. The Morgan fingerprint density at radius 3 is 2.00 bits per heavy atom. The van der Waals surface area contributed by atoms with Crippen molar-refractivity contribution in [1.82, 2.24) is 29.9 Å². The van der Waals surface area contributed by atoms with Crippen LogP contribution in [0.5, 0.6) is 5.88 Å². The summed E-state index contributed by atoms with van der Waals surface area (Å²) in [5, 5.41) is 23.0. The largest absolute Gasteiger partial charge is 0.490 e. The average Bonchev–Trinajstić information content (AvgIpc) is 3.56. The highest BCUT2D eigenvalue weighted by molar-refractivity contribution is 5.73. The number of carboxylic acid groups (broad SMARTS) is 2. The predicted octanol–water partition coefficient (Wildman–Crippen LogP) is 2.78. The highest BCUT2D eigenvalue weighted by atomic mass is 19.4. The number of likely N-dealkylation sites (tertiary alicyclic amines) is 1. The molecule has 0 aliphatic carbocycles. The lowest BCUT2D eigenvalue weighted by molar-refractivity contribution is -0.193. The summed E-state index contributed by atoms with van der Waals surface area (Å²) in [5.41, 5.74) is 1.09. The summed E-state index contributed by atoms with van der Waals surface area (Å²) in [4.78, 5) is 31.0. The molecule has 0 aromatic carbocycles. The first-order valence-electron chi connectivity index (χ1n) is 11.5. The Morgan fingerprint density at radius 2 is 1.51 bits per heavy atom. The third-order valence-corrected chi connectivity index (χ3v) is 5.63. The van der Waals surface area contributed by atoms with E-state index in [1.807, 2.05) is 6.07 Å². The molecular weight excluding hydrogens is 544 g/mol. The van der Waals surface area contributed by atoms with Crippen molar-refractivity contribution >= 4 is 17.8 Å². The first-order valence-corrected chi connectivity index (χ1v) is 11.5. The normalized spacial score (nSPS) is 16.5. The molecule has 2 aromatic heterocycles. The molecule has 218 valence electrons. The van der Waals surface area contributed by atoms with Crippen LogP contribution in [0.1, 0.15) is 37.4 Å². The Kier molecular flexibility index (Phi) is 11.2. The summed E-state index contributed by atoms with van der Waals surface area (Å²) in [6.45, 7) is 5.21. The lowest BCUT2D eigenvalue weighted by Gasteiger charge is -2.32. The van der Waals surface area contributed by atoms with Crippen LogP contribution in [0, 0.1) is 0 Å². The SMILES string of the molecule is COc1cc(N2CCC(n3cc(CN4CCCC4)nn3)CC2)ncn1.O=C(O)C(F)(F)F.O=C(O)C(F)(F)F. The summed E-state index contributed by atoms with van der Waals surface area (Å²) < 4.78 is 70.7. The molecule has 18 heteroatoms. The zero-order chi connectivity index (χ0) is 29.2. The van der Waals surface area contributed by atoms with Crippen LogP contribution >= 0.6 is 0 Å². The highest BCUT2D eigenvalue weighted by Gasteiger charge is 2.38. The minimum Gasteiger partial charge on any atom is -0.481 e. The van der Waals surface area contributed by atoms with E-state index in [0.29, 0.717) is 11.9 Å². The van der Waals surface area contributed by atoms with Crippen LogP contribution < -0.4 is 9.64 Å². The van der Waals surface area contributed by atoms with Gasteiger partial charge >= 0.3 is 24.3 Å². The number of ether oxygens (including phenoxy) is 1. The van der Waals surface area contributed by atoms with E-state index < -0.39 is 24.3 Å². The number of halogens is 6. The van der Waals surface area contributed by atoms with E-state index in [0.717, 1.165) is 44.0 Å². The molecule has 0 amide bonds. The standard InChI is InChI=1S/C17H25N7O.2C2HF3O2/c1-25-17-10-16(18-13-19-17)23-8-4-15(5-9-23)24-12-14(20-21-24)11-22-6-2-3-7-22;2*3-2(4,5)1(6)7/h10,12-13,15H,2-9,11H2,1H3;2*(H,6,7). The summed E-state index contributed by atoms with van der Waals surface area (Å²) in [5.74, 6) is -3.98. The molecule has 2 fully saturated rings. The second kappa shape index (κ2) is 13.9. The van der Waals surface area contributed by atoms with E-state index in [1.54, 1.807) is 13.4 Å². The number of piperidine rings is 1. The number of aromatic nitrogens is 5. The topological polar surface area (TPSA) is 147 Å². The van der Waals surface area contributed by atoms with Gasteiger partial charge in [0, 0.05) is 25.7 Å². The number of hydrogen-bond donors (Lipinski definition) is 2. The van der Waals surface area contributed by atoms with Crippen LogP contribution in [-0.4, -0.2) is 97.7 Å². The van der Waals surface area contributed by atoms with Crippen LogP contribution in [0.3, 0.4) is 0 Å². The van der Waals surface area contributed by atoms with E-state index >= 15 is 0 Å². The van der Waals surface area contributed by atoms with Gasteiger partial charge in [0.1, 0.15) is 12.1 Å². The van der Waals surface area contributed by atoms with E-state index in [9.17, 15) is 26.3 Å². The molecular formula is C21H27F6N7O5. The summed E-state index contributed by atoms with van der Waals surface area (Å²) in [6, 6.07) is 2.31. The maximum Gasteiger partial charge on any atom is 0.490 e. The third kappa shape index (κ3) is 10.5. The van der Waals surface area contributed by atoms with Crippen molar-refractivity contribution in [3.05, 3.63) is 24.3 Å². The number of nitrogens with zero attached hydrogens (tertiary/aromatic N) is 7. The van der Waals surface area contributed by atoms with Crippen molar-refractivity contribution in [2.75, 3.05) is 38.2 Å². The van der Waals surface area contributed by atoms with Gasteiger partial charge in [-0.3, -0.25) is 4.90 Å². The minimum atomic E-state index is -5.08. The summed E-state index contributed by atoms with van der Waals surface area (Å²) in [6.07, 6.45) is -1.78. The number of alkyl halides is 6. The molecule has 0 radical (unpaired) electrons. The van der Waals surface area contributed by atoms with Crippen LogP contribution in [-0.2, 0) is 16.1 Å². The zero-order valence-corrected chi connectivity index (χ0v) is 20.7. The number of carbonyl (C=O) groups is 2. The van der Waals surface area contributed by atoms with Gasteiger partial charge < -0.3 is 19.8 Å². The van der Waals surface area contributed by atoms with Gasteiger partial charge in [0.25, 0.3) is 0 Å². The second-order valence-electron chi connectivity index (χ2n) is 8.42. The third-order valence-electron chi connectivity index (χ3n) is 5.63. The van der Waals surface area contributed by atoms with Gasteiger partial charge in [-0.05, 0) is 38.8 Å². The predicted molar refractivity (Wildman–Crippen MR) is 121 cm³/mol. The molecule has 0 bridgehead atoms. The van der Waals surface area contributed by atoms with Crippen molar-refractivity contribution < 1.29 is 50.9 Å². The van der Waals surface area contributed by atoms with Crippen molar-refractivity contribution in [2.24, 2.45) is 0 Å². The number of carboxylic acids is 2.